The van der Waals surface area contributed by atoms with Crippen molar-refractivity contribution in [2.24, 2.45) is 0 Å². The van der Waals surface area contributed by atoms with Crippen LogP contribution in [0.2, 0.25) is 0 Å². The minimum absolute atomic E-state index is 0.0866. The molecule has 0 aromatic heterocycles. The van der Waals surface area contributed by atoms with Gasteiger partial charge in [-0.1, -0.05) is 22.0 Å². The van der Waals surface area contributed by atoms with E-state index in [9.17, 15) is 14.0 Å². The van der Waals surface area contributed by atoms with Crippen LogP contribution < -0.4 is 16.0 Å². The average molecular weight is 394 g/mol. The van der Waals surface area contributed by atoms with Crippen LogP contribution >= 0.6 is 15.9 Å². The number of aryl methyl sites for hydroxylation is 1. The molecular formula is C17H17BrFN3O2. The van der Waals surface area contributed by atoms with Gasteiger partial charge in [0.05, 0.1) is 0 Å². The molecule has 0 saturated carbocycles. The van der Waals surface area contributed by atoms with Crippen LogP contribution in [0.3, 0.4) is 0 Å². The number of hydrogen-bond acceptors (Lipinski definition) is 2. The molecule has 0 bridgehead atoms. The van der Waals surface area contributed by atoms with E-state index in [-0.39, 0.29) is 24.7 Å². The number of halogens is 2. The Balaban J connectivity index is 1.72. The van der Waals surface area contributed by atoms with Crippen molar-refractivity contribution in [3.05, 3.63) is 58.3 Å². The van der Waals surface area contributed by atoms with E-state index in [1.807, 2.05) is 12.1 Å². The molecule has 7 heteroatoms. The second kappa shape index (κ2) is 8.44. The van der Waals surface area contributed by atoms with Crippen LogP contribution in [0, 0.1) is 12.7 Å². The number of nitrogens with one attached hydrogen (secondary N) is 3. The minimum atomic E-state index is -0.397. The molecule has 0 atom stereocenters. The number of carbonyl (C=O) groups is 2. The Bertz CT molecular complexity index is 735. The molecule has 3 N–H and O–H groups in total. The van der Waals surface area contributed by atoms with Crippen molar-refractivity contribution >= 4 is 39.2 Å². The van der Waals surface area contributed by atoms with Crippen LogP contribution in [0.4, 0.5) is 20.6 Å². The highest BCUT2D eigenvalue weighted by molar-refractivity contribution is 9.10. The van der Waals surface area contributed by atoms with Gasteiger partial charge in [0, 0.05) is 28.8 Å². The molecule has 0 heterocycles. The summed E-state index contributed by atoms with van der Waals surface area (Å²) in [7, 11) is 0. The van der Waals surface area contributed by atoms with Crippen LogP contribution in [0.1, 0.15) is 12.0 Å². The third-order valence-electron chi connectivity index (χ3n) is 3.20. The first-order chi connectivity index (χ1) is 11.4. The van der Waals surface area contributed by atoms with E-state index in [0.29, 0.717) is 16.9 Å². The van der Waals surface area contributed by atoms with Crippen molar-refractivity contribution in [1.82, 2.24) is 5.32 Å². The van der Waals surface area contributed by atoms with Crippen LogP contribution in [-0.4, -0.2) is 18.5 Å². The number of anilines is 2. The fraction of sp³-hybridized carbons (Fsp3) is 0.176. The van der Waals surface area contributed by atoms with Gasteiger partial charge < -0.3 is 16.0 Å². The highest BCUT2D eigenvalue weighted by Crippen LogP contribution is 2.14. The highest BCUT2D eigenvalue weighted by Gasteiger charge is 2.06. The fourth-order valence-corrected chi connectivity index (χ4v) is 2.16. The Labute approximate surface area is 147 Å². The highest BCUT2D eigenvalue weighted by atomic mass is 79.9. The molecular weight excluding hydrogens is 377 g/mol. The molecule has 0 fully saturated rings. The molecule has 0 unspecified atom stereocenters. The number of rotatable bonds is 5. The molecule has 2 rings (SSSR count). The molecule has 2 aromatic carbocycles. The number of carbonyl (C=O) groups excluding carboxylic acids is 2. The SMILES string of the molecule is Cc1ccc(NC(=O)CCNC(=O)Nc2ccc(Br)cc2)cc1F. The quantitative estimate of drug-likeness (QED) is 0.716. The zero-order valence-electron chi connectivity index (χ0n) is 13.0. The van der Waals surface area contributed by atoms with Gasteiger partial charge in [0.1, 0.15) is 5.82 Å². The molecule has 0 radical (unpaired) electrons. The molecule has 5 nitrogen and oxygen atoms in total. The molecule has 0 saturated heterocycles. The monoisotopic (exact) mass is 393 g/mol. The van der Waals surface area contributed by atoms with Crippen LogP contribution in [-0.2, 0) is 4.79 Å². The molecule has 0 aliphatic rings. The zero-order valence-corrected chi connectivity index (χ0v) is 14.6. The van der Waals surface area contributed by atoms with Gasteiger partial charge in [0.2, 0.25) is 5.91 Å². The van der Waals surface area contributed by atoms with Crippen molar-refractivity contribution < 1.29 is 14.0 Å². The second-order valence-corrected chi connectivity index (χ2v) is 6.07. The van der Waals surface area contributed by atoms with E-state index in [0.717, 1.165) is 4.47 Å². The lowest BCUT2D eigenvalue weighted by molar-refractivity contribution is -0.116. The van der Waals surface area contributed by atoms with E-state index in [1.54, 1.807) is 31.2 Å². The van der Waals surface area contributed by atoms with Crippen molar-refractivity contribution in [1.29, 1.82) is 0 Å². The number of amides is 3. The lowest BCUT2D eigenvalue weighted by Crippen LogP contribution is -2.31. The van der Waals surface area contributed by atoms with Gasteiger partial charge in [0.15, 0.2) is 0 Å². The lowest BCUT2D eigenvalue weighted by Gasteiger charge is -2.09. The average Bonchev–Trinajstić information content (AvgIpc) is 2.53. The van der Waals surface area contributed by atoms with Crippen LogP contribution in [0.5, 0.6) is 0 Å². The first-order valence-corrected chi connectivity index (χ1v) is 8.10. The molecule has 126 valence electrons. The van der Waals surface area contributed by atoms with Crippen molar-refractivity contribution in [3.8, 4) is 0 Å². The predicted octanol–water partition coefficient (Wildman–Crippen LogP) is 4.05. The number of hydrogen-bond donors (Lipinski definition) is 3. The Morgan fingerprint density at radius 2 is 1.71 bits per heavy atom. The second-order valence-electron chi connectivity index (χ2n) is 5.15. The first kappa shape index (κ1) is 17.9. The van der Waals surface area contributed by atoms with Gasteiger partial charge in [-0.25, -0.2) is 9.18 Å². The summed E-state index contributed by atoms with van der Waals surface area (Å²) < 4.78 is 14.3. The van der Waals surface area contributed by atoms with Gasteiger partial charge in [-0.05, 0) is 48.9 Å². The topological polar surface area (TPSA) is 70.2 Å². The zero-order chi connectivity index (χ0) is 17.5. The Morgan fingerprint density at radius 3 is 2.38 bits per heavy atom. The van der Waals surface area contributed by atoms with Gasteiger partial charge in [0.25, 0.3) is 0 Å². The summed E-state index contributed by atoms with van der Waals surface area (Å²) in [5, 5.41) is 7.82. The Hall–Kier alpha value is -2.41. The van der Waals surface area contributed by atoms with Crippen LogP contribution in [0.25, 0.3) is 0 Å². The maximum absolute atomic E-state index is 13.4. The molecule has 0 aliphatic heterocycles. The van der Waals surface area contributed by atoms with E-state index >= 15 is 0 Å². The molecule has 0 spiro atoms. The summed E-state index contributed by atoms with van der Waals surface area (Å²) in [5.41, 5.74) is 1.55. The molecule has 2 aromatic rings. The van der Waals surface area contributed by atoms with Gasteiger partial charge in [-0.2, -0.15) is 0 Å². The first-order valence-electron chi connectivity index (χ1n) is 7.30. The number of urea groups is 1. The summed E-state index contributed by atoms with van der Waals surface area (Å²) in [6.45, 7) is 1.82. The van der Waals surface area contributed by atoms with E-state index in [4.69, 9.17) is 0 Å². The smallest absolute Gasteiger partial charge is 0.319 e. The predicted molar refractivity (Wildman–Crippen MR) is 95.5 cm³/mol. The summed E-state index contributed by atoms with van der Waals surface area (Å²) >= 11 is 3.31. The minimum Gasteiger partial charge on any atom is -0.337 e. The van der Waals surface area contributed by atoms with Crippen LogP contribution in [0.15, 0.2) is 46.9 Å². The summed E-state index contributed by atoms with van der Waals surface area (Å²) in [4.78, 5) is 23.5. The largest absolute Gasteiger partial charge is 0.337 e. The molecule has 24 heavy (non-hydrogen) atoms. The van der Waals surface area contributed by atoms with Crippen molar-refractivity contribution in [3.63, 3.8) is 0 Å². The summed E-state index contributed by atoms with van der Waals surface area (Å²) in [6, 6.07) is 11.2. The maximum atomic E-state index is 13.4. The third kappa shape index (κ3) is 5.66. The Kier molecular flexibility index (Phi) is 6.31. The molecule has 3 amide bonds. The summed E-state index contributed by atoms with van der Waals surface area (Å²) in [6.07, 6.45) is 0.0866. The summed E-state index contributed by atoms with van der Waals surface area (Å²) in [5.74, 6) is -0.679. The third-order valence-corrected chi connectivity index (χ3v) is 3.72. The van der Waals surface area contributed by atoms with Gasteiger partial charge >= 0.3 is 6.03 Å². The van der Waals surface area contributed by atoms with Crippen molar-refractivity contribution in [2.75, 3.05) is 17.2 Å². The normalized spacial score (nSPS) is 10.1. The fourth-order valence-electron chi connectivity index (χ4n) is 1.89. The lowest BCUT2D eigenvalue weighted by atomic mass is 10.2. The van der Waals surface area contributed by atoms with E-state index in [1.165, 1.54) is 6.07 Å². The Morgan fingerprint density at radius 1 is 1.04 bits per heavy atom. The maximum Gasteiger partial charge on any atom is 0.319 e. The van der Waals surface area contributed by atoms with E-state index < -0.39 is 6.03 Å². The standard InChI is InChI=1S/C17H17BrFN3O2/c1-11-2-5-14(10-15(11)19)21-16(23)8-9-20-17(24)22-13-6-3-12(18)4-7-13/h2-7,10H,8-9H2,1H3,(H,21,23)(H2,20,22,24). The number of benzene rings is 2. The van der Waals surface area contributed by atoms with Gasteiger partial charge in [-0.3, -0.25) is 4.79 Å². The van der Waals surface area contributed by atoms with Crippen molar-refractivity contribution in [2.45, 2.75) is 13.3 Å². The van der Waals surface area contributed by atoms with Gasteiger partial charge in [-0.15, -0.1) is 0 Å². The van der Waals surface area contributed by atoms with E-state index in [2.05, 4.69) is 31.9 Å². The molecule has 0 aliphatic carbocycles.